The number of hydrogen-bond acceptors (Lipinski definition) is 2. The van der Waals surface area contributed by atoms with Crippen molar-refractivity contribution in [2.75, 3.05) is 22.9 Å². The molecule has 0 aromatic heterocycles. The molecule has 0 radical (unpaired) electrons. The minimum Gasteiger partial charge on any atom is -0.310 e. The zero-order valence-electron chi connectivity index (χ0n) is 14.4. The molecule has 0 unspecified atom stereocenters. The molecular formula is C20H21FN2O2. The minimum absolute atomic E-state index is 0.00615. The highest BCUT2D eigenvalue weighted by atomic mass is 19.1. The van der Waals surface area contributed by atoms with Crippen LogP contribution in [0, 0.1) is 11.7 Å². The van der Waals surface area contributed by atoms with Gasteiger partial charge in [0.2, 0.25) is 11.8 Å². The number of fused-ring (bicyclic) bond motifs is 1. The molecule has 130 valence electrons. The normalized spacial score (nSPS) is 17.0. The number of amides is 2. The monoisotopic (exact) mass is 340 g/mol. The van der Waals surface area contributed by atoms with Gasteiger partial charge in [0, 0.05) is 20.0 Å². The molecule has 25 heavy (non-hydrogen) atoms. The molecule has 1 heterocycles. The van der Waals surface area contributed by atoms with Crippen molar-refractivity contribution in [3.05, 3.63) is 59.9 Å². The summed E-state index contributed by atoms with van der Waals surface area (Å²) in [5, 5.41) is 0. The van der Waals surface area contributed by atoms with Crippen molar-refractivity contribution in [2.24, 2.45) is 5.92 Å². The van der Waals surface area contributed by atoms with Crippen molar-refractivity contribution >= 4 is 23.2 Å². The van der Waals surface area contributed by atoms with E-state index in [9.17, 15) is 14.0 Å². The number of carbonyl (C=O) groups is 2. The fourth-order valence-electron chi connectivity index (χ4n) is 3.23. The first-order valence-electron chi connectivity index (χ1n) is 8.38. The van der Waals surface area contributed by atoms with Crippen molar-refractivity contribution in [3.8, 4) is 0 Å². The van der Waals surface area contributed by atoms with Crippen LogP contribution in [0.4, 0.5) is 15.8 Å². The second kappa shape index (κ2) is 7.05. The highest BCUT2D eigenvalue weighted by Gasteiger charge is 2.29. The standard InChI is InChI=1S/C20H21FN2O2/c1-14-12-22(15(2)24)18-9-5-6-10-19(18)23(13-14)20(25)11-16-7-3-4-8-17(16)21/h3-10,14H,11-13H2,1-2H3/t14-/m0/s1. The van der Waals surface area contributed by atoms with Crippen molar-refractivity contribution in [1.29, 1.82) is 0 Å². The van der Waals surface area contributed by atoms with Gasteiger partial charge in [-0.1, -0.05) is 37.3 Å². The Morgan fingerprint density at radius 1 is 1.00 bits per heavy atom. The summed E-state index contributed by atoms with van der Waals surface area (Å²) < 4.78 is 13.9. The number of carbonyl (C=O) groups excluding carboxylic acids is 2. The van der Waals surface area contributed by atoms with E-state index in [1.807, 2.05) is 31.2 Å². The lowest BCUT2D eigenvalue weighted by molar-refractivity contribution is -0.118. The van der Waals surface area contributed by atoms with Crippen molar-refractivity contribution in [1.82, 2.24) is 0 Å². The van der Waals surface area contributed by atoms with Crippen molar-refractivity contribution < 1.29 is 14.0 Å². The van der Waals surface area contributed by atoms with Crippen LogP contribution in [-0.2, 0) is 16.0 Å². The third kappa shape index (κ3) is 3.55. The minimum atomic E-state index is -0.377. The summed E-state index contributed by atoms with van der Waals surface area (Å²) in [6.45, 7) is 4.58. The molecule has 0 saturated heterocycles. The molecule has 5 heteroatoms. The highest BCUT2D eigenvalue weighted by molar-refractivity contribution is 6.02. The largest absolute Gasteiger partial charge is 0.310 e. The second-order valence-corrected chi connectivity index (χ2v) is 6.50. The Labute approximate surface area is 146 Å². The first-order chi connectivity index (χ1) is 12.0. The van der Waals surface area contributed by atoms with Gasteiger partial charge in [0.1, 0.15) is 5.82 Å². The van der Waals surface area contributed by atoms with Crippen LogP contribution in [-0.4, -0.2) is 24.9 Å². The molecule has 0 fully saturated rings. The van der Waals surface area contributed by atoms with Crippen LogP contribution in [0.25, 0.3) is 0 Å². The average molecular weight is 340 g/mol. The molecule has 0 aliphatic carbocycles. The van der Waals surface area contributed by atoms with E-state index in [4.69, 9.17) is 0 Å². The van der Waals surface area contributed by atoms with Crippen LogP contribution in [0.15, 0.2) is 48.5 Å². The fraction of sp³-hybridized carbons (Fsp3) is 0.300. The third-order valence-electron chi connectivity index (χ3n) is 4.43. The van der Waals surface area contributed by atoms with E-state index in [0.29, 0.717) is 24.3 Å². The van der Waals surface area contributed by atoms with E-state index in [1.54, 1.807) is 28.0 Å². The smallest absolute Gasteiger partial charge is 0.231 e. The van der Waals surface area contributed by atoms with E-state index in [0.717, 1.165) is 5.69 Å². The summed E-state index contributed by atoms with van der Waals surface area (Å²) >= 11 is 0. The topological polar surface area (TPSA) is 40.6 Å². The number of anilines is 2. The number of rotatable bonds is 2. The van der Waals surface area contributed by atoms with Gasteiger partial charge in [-0.2, -0.15) is 0 Å². The molecule has 3 rings (SSSR count). The summed E-state index contributed by atoms with van der Waals surface area (Å²) in [5.41, 5.74) is 1.80. The van der Waals surface area contributed by atoms with Gasteiger partial charge in [-0.3, -0.25) is 9.59 Å². The summed E-state index contributed by atoms with van der Waals surface area (Å²) in [7, 11) is 0. The molecule has 2 aromatic carbocycles. The Morgan fingerprint density at radius 3 is 2.20 bits per heavy atom. The van der Waals surface area contributed by atoms with Gasteiger partial charge in [-0.05, 0) is 29.7 Å². The molecule has 0 bridgehead atoms. The molecule has 4 nitrogen and oxygen atoms in total. The fourth-order valence-corrected chi connectivity index (χ4v) is 3.23. The van der Waals surface area contributed by atoms with Gasteiger partial charge in [0.15, 0.2) is 0 Å². The molecule has 2 aromatic rings. The van der Waals surface area contributed by atoms with Crippen LogP contribution < -0.4 is 9.80 Å². The second-order valence-electron chi connectivity index (χ2n) is 6.50. The number of hydrogen-bond donors (Lipinski definition) is 0. The Bertz CT molecular complexity index is 806. The molecule has 0 spiro atoms. The lowest BCUT2D eigenvalue weighted by Crippen LogP contribution is -2.36. The van der Waals surface area contributed by atoms with E-state index in [-0.39, 0.29) is 30.0 Å². The molecule has 1 aliphatic rings. The first kappa shape index (κ1) is 17.1. The number of nitrogens with zero attached hydrogens (tertiary/aromatic N) is 2. The summed E-state index contributed by atoms with van der Waals surface area (Å²) in [5.74, 6) is -0.490. The number of para-hydroxylation sites is 2. The van der Waals surface area contributed by atoms with Crippen LogP contribution in [0.5, 0.6) is 0 Å². The number of benzene rings is 2. The van der Waals surface area contributed by atoms with Gasteiger partial charge in [-0.25, -0.2) is 4.39 Å². The summed E-state index contributed by atoms with van der Waals surface area (Å²) in [6.07, 6.45) is -0.00615. The molecule has 1 atom stereocenters. The van der Waals surface area contributed by atoms with Gasteiger partial charge < -0.3 is 9.80 Å². The maximum atomic E-state index is 13.9. The van der Waals surface area contributed by atoms with Crippen LogP contribution in [0.2, 0.25) is 0 Å². The zero-order chi connectivity index (χ0) is 18.0. The third-order valence-corrected chi connectivity index (χ3v) is 4.43. The van der Waals surface area contributed by atoms with Gasteiger partial charge in [-0.15, -0.1) is 0 Å². The lowest BCUT2D eigenvalue weighted by Gasteiger charge is -2.25. The Hall–Kier alpha value is -2.69. The highest BCUT2D eigenvalue weighted by Crippen LogP contribution is 2.34. The summed E-state index contributed by atoms with van der Waals surface area (Å²) in [6, 6.07) is 13.7. The van der Waals surface area contributed by atoms with Gasteiger partial charge >= 0.3 is 0 Å². The molecule has 1 aliphatic heterocycles. The quantitative estimate of drug-likeness (QED) is 0.841. The number of halogens is 1. The van der Waals surface area contributed by atoms with Crippen LogP contribution >= 0.6 is 0 Å². The Morgan fingerprint density at radius 2 is 1.56 bits per heavy atom. The molecule has 0 saturated carbocycles. The predicted octanol–water partition coefficient (Wildman–Crippen LogP) is 3.40. The molecule has 2 amide bonds. The Kier molecular flexibility index (Phi) is 4.83. The predicted molar refractivity (Wildman–Crippen MR) is 96.1 cm³/mol. The van der Waals surface area contributed by atoms with E-state index >= 15 is 0 Å². The molecule has 0 N–H and O–H groups in total. The van der Waals surface area contributed by atoms with Crippen LogP contribution in [0.3, 0.4) is 0 Å². The SMILES string of the molecule is CC(=O)N1C[C@H](C)CN(C(=O)Cc2ccccc2F)c2ccccc21. The average Bonchev–Trinajstić information content (AvgIpc) is 2.74. The van der Waals surface area contributed by atoms with E-state index < -0.39 is 0 Å². The lowest BCUT2D eigenvalue weighted by atomic mass is 10.1. The van der Waals surface area contributed by atoms with Gasteiger partial charge in [0.05, 0.1) is 17.8 Å². The van der Waals surface area contributed by atoms with E-state index in [2.05, 4.69) is 0 Å². The van der Waals surface area contributed by atoms with Crippen LogP contribution in [0.1, 0.15) is 19.4 Å². The summed E-state index contributed by atoms with van der Waals surface area (Å²) in [4.78, 5) is 28.3. The van der Waals surface area contributed by atoms with Gasteiger partial charge in [0.25, 0.3) is 0 Å². The van der Waals surface area contributed by atoms with Crippen molar-refractivity contribution in [3.63, 3.8) is 0 Å². The molecular weight excluding hydrogens is 319 g/mol. The Balaban J connectivity index is 1.96. The maximum absolute atomic E-state index is 13.9. The zero-order valence-corrected chi connectivity index (χ0v) is 14.4. The van der Waals surface area contributed by atoms with Crippen molar-refractivity contribution in [2.45, 2.75) is 20.3 Å². The van der Waals surface area contributed by atoms with E-state index in [1.165, 1.54) is 13.0 Å². The maximum Gasteiger partial charge on any atom is 0.231 e. The first-order valence-corrected chi connectivity index (χ1v) is 8.38.